The number of nitrogens with zero attached hydrogens (tertiary/aromatic N) is 2. The highest BCUT2D eigenvalue weighted by molar-refractivity contribution is 5.28. The van der Waals surface area contributed by atoms with Gasteiger partial charge in [-0.05, 0) is 31.4 Å². The van der Waals surface area contributed by atoms with Gasteiger partial charge in [-0.25, -0.2) is 0 Å². The normalized spacial score (nSPS) is 35.9. The fraction of sp³-hybridized carbons (Fsp3) is 0.647. The minimum Gasteiger partial charge on any atom is -0.298 e. The van der Waals surface area contributed by atoms with E-state index >= 15 is 0 Å². The molecule has 1 aromatic rings. The first-order valence-corrected chi connectivity index (χ1v) is 7.95. The van der Waals surface area contributed by atoms with E-state index in [2.05, 4.69) is 40.1 Å². The van der Waals surface area contributed by atoms with Gasteiger partial charge in [0.05, 0.1) is 0 Å². The summed E-state index contributed by atoms with van der Waals surface area (Å²) in [6.07, 6.45) is 5.68. The van der Waals surface area contributed by atoms with Crippen molar-refractivity contribution in [2.75, 3.05) is 26.2 Å². The number of piperidine rings is 1. The molecule has 2 nitrogen and oxygen atoms in total. The summed E-state index contributed by atoms with van der Waals surface area (Å²) in [4.78, 5) is 5.52. The number of benzene rings is 1. The maximum Gasteiger partial charge on any atom is 0.0223 e. The highest BCUT2D eigenvalue weighted by Gasteiger charge is 2.44. The van der Waals surface area contributed by atoms with E-state index in [1.807, 2.05) is 0 Å². The molecule has 1 saturated carbocycles. The Hall–Kier alpha value is -0.860. The van der Waals surface area contributed by atoms with Gasteiger partial charge >= 0.3 is 0 Å². The molecule has 0 amide bonds. The summed E-state index contributed by atoms with van der Waals surface area (Å²) >= 11 is 0. The van der Waals surface area contributed by atoms with Gasteiger partial charge in [-0.15, -0.1) is 0 Å². The molecule has 2 aliphatic heterocycles. The SMILES string of the molecule is c1ccc(C2CC2N2CCN3CCCCC3C2)cc1. The van der Waals surface area contributed by atoms with Gasteiger partial charge in [0, 0.05) is 37.6 Å². The highest BCUT2D eigenvalue weighted by Crippen LogP contribution is 2.45. The molecule has 3 aliphatic rings. The van der Waals surface area contributed by atoms with Crippen LogP contribution in [0.1, 0.15) is 37.2 Å². The van der Waals surface area contributed by atoms with E-state index < -0.39 is 0 Å². The van der Waals surface area contributed by atoms with E-state index in [1.54, 1.807) is 5.56 Å². The molecule has 2 heteroatoms. The van der Waals surface area contributed by atoms with Crippen LogP contribution >= 0.6 is 0 Å². The lowest BCUT2D eigenvalue weighted by atomic mass is 9.99. The summed E-state index contributed by atoms with van der Waals surface area (Å²) < 4.78 is 0. The maximum atomic E-state index is 2.78. The van der Waals surface area contributed by atoms with E-state index in [0.29, 0.717) is 0 Å². The Balaban J connectivity index is 1.39. The quantitative estimate of drug-likeness (QED) is 0.803. The molecule has 2 heterocycles. The molecule has 0 radical (unpaired) electrons. The summed E-state index contributed by atoms with van der Waals surface area (Å²) in [6, 6.07) is 12.8. The Morgan fingerprint density at radius 1 is 0.895 bits per heavy atom. The van der Waals surface area contributed by atoms with Crippen LogP contribution < -0.4 is 0 Å². The molecule has 19 heavy (non-hydrogen) atoms. The van der Waals surface area contributed by atoms with Crippen LogP contribution in [0, 0.1) is 0 Å². The first-order valence-electron chi connectivity index (χ1n) is 7.95. The molecule has 3 unspecified atom stereocenters. The zero-order chi connectivity index (χ0) is 12.7. The smallest absolute Gasteiger partial charge is 0.0223 e. The maximum absolute atomic E-state index is 2.78. The van der Waals surface area contributed by atoms with Crippen molar-refractivity contribution in [1.29, 1.82) is 0 Å². The van der Waals surface area contributed by atoms with Crippen molar-refractivity contribution in [3.8, 4) is 0 Å². The van der Waals surface area contributed by atoms with Gasteiger partial charge in [-0.2, -0.15) is 0 Å². The standard InChI is InChI=1S/C17H24N2/c1-2-6-14(7-3-1)16-12-17(16)19-11-10-18-9-5-4-8-15(18)13-19/h1-3,6-7,15-17H,4-5,8-13H2. The molecule has 1 aromatic carbocycles. The van der Waals surface area contributed by atoms with Crippen molar-refractivity contribution in [2.24, 2.45) is 0 Å². The second-order valence-electron chi connectivity index (χ2n) is 6.50. The zero-order valence-electron chi connectivity index (χ0n) is 11.7. The Morgan fingerprint density at radius 2 is 1.74 bits per heavy atom. The first-order chi connectivity index (χ1) is 9.42. The third-order valence-electron chi connectivity index (χ3n) is 5.32. The van der Waals surface area contributed by atoms with Crippen molar-refractivity contribution >= 4 is 0 Å². The van der Waals surface area contributed by atoms with Crippen LogP contribution in [0.2, 0.25) is 0 Å². The van der Waals surface area contributed by atoms with Crippen LogP contribution in [0.25, 0.3) is 0 Å². The van der Waals surface area contributed by atoms with Gasteiger partial charge in [0.25, 0.3) is 0 Å². The Bertz CT molecular complexity index is 430. The molecule has 0 bridgehead atoms. The summed E-state index contributed by atoms with van der Waals surface area (Å²) in [7, 11) is 0. The Kier molecular flexibility index (Phi) is 3.08. The van der Waals surface area contributed by atoms with Gasteiger partial charge in [0.1, 0.15) is 0 Å². The van der Waals surface area contributed by atoms with Crippen LogP contribution in [0.4, 0.5) is 0 Å². The molecule has 0 aromatic heterocycles. The molecular weight excluding hydrogens is 232 g/mol. The molecule has 0 N–H and O–H groups in total. The lowest BCUT2D eigenvalue weighted by molar-refractivity contribution is 0.0445. The Morgan fingerprint density at radius 3 is 2.63 bits per heavy atom. The predicted molar refractivity (Wildman–Crippen MR) is 78.4 cm³/mol. The van der Waals surface area contributed by atoms with Gasteiger partial charge in [-0.3, -0.25) is 9.80 Å². The predicted octanol–water partition coefficient (Wildman–Crippen LogP) is 2.71. The van der Waals surface area contributed by atoms with Crippen LogP contribution in [-0.4, -0.2) is 48.1 Å². The first kappa shape index (κ1) is 11.9. The molecule has 0 spiro atoms. The molecule has 102 valence electrons. The number of hydrogen-bond donors (Lipinski definition) is 0. The molecule has 1 aliphatic carbocycles. The van der Waals surface area contributed by atoms with Gasteiger partial charge in [-0.1, -0.05) is 36.8 Å². The van der Waals surface area contributed by atoms with E-state index in [1.165, 1.54) is 51.9 Å². The molecule has 2 saturated heterocycles. The fourth-order valence-corrected chi connectivity index (χ4v) is 4.12. The zero-order valence-corrected chi connectivity index (χ0v) is 11.7. The van der Waals surface area contributed by atoms with Crippen LogP contribution in [0.15, 0.2) is 30.3 Å². The monoisotopic (exact) mass is 256 g/mol. The van der Waals surface area contributed by atoms with Crippen molar-refractivity contribution in [3.63, 3.8) is 0 Å². The minimum absolute atomic E-state index is 0.816. The highest BCUT2D eigenvalue weighted by atomic mass is 15.3. The van der Waals surface area contributed by atoms with Crippen LogP contribution in [0.5, 0.6) is 0 Å². The second kappa shape index (κ2) is 4.92. The van der Waals surface area contributed by atoms with Crippen molar-refractivity contribution in [3.05, 3.63) is 35.9 Å². The van der Waals surface area contributed by atoms with E-state index in [0.717, 1.165) is 18.0 Å². The second-order valence-corrected chi connectivity index (χ2v) is 6.50. The molecular formula is C17H24N2. The lowest BCUT2D eigenvalue weighted by Gasteiger charge is -2.44. The lowest BCUT2D eigenvalue weighted by Crippen LogP contribution is -2.55. The number of hydrogen-bond acceptors (Lipinski definition) is 2. The van der Waals surface area contributed by atoms with Crippen molar-refractivity contribution < 1.29 is 0 Å². The molecule has 4 rings (SSSR count). The topological polar surface area (TPSA) is 6.48 Å². The number of rotatable bonds is 2. The average molecular weight is 256 g/mol. The average Bonchev–Trinajstić information content (AvgIpc) is 3.28. The summed E-state index contributed by atoms with van der Waals surface area (Å²) in [5.41, 5.74) is 1.55. The van der Waals surface area contributed by atoms with Crippen molar-refractivity contribution in [2.45, 2.75) is 43.7 Å². The van der Waals surface area contributed by atoms with Gasteiger partial charge in [0.2, 0.25) is 0 Å². The van der Waals surface area contributed by atoms with Crippen LogP contribution in [-0.2, 0) is 0 Å². The largest absolute Gasteiger partial charge is 0.298 e. The molecule has 3 fully saturated rings. The van der Waals surface area contributed by atoms with E-state index in [9.17, 15) is 0 Å². The van der Waals surface area contributed by atoms with E-state index in [4.69, 9.17) is 0 Å². The van der Waals surface area contributed by atoms with E-state index in [-0.39, 0.29) is 0 Å². The van der Waals surface area contributed by atoms with Crippen molar-refractivity contribution in [1.82, 2.24) is 9.80 Å². The minimum atomic E-state index is 0.816. The van der Waals surface area contributed by atoms with Gasteiger partial charge in [0.15, 0.2) is 0 Å². The summed E-state index contributed by atoms with van der Waals surface area (Å²) in [5.74, 6) is 0.816. The summed E-state index contributed by atoms with van der Waals surface area (Å²) in [5, 5.41) is 0. The van der Waals surface area contributed by atoms with Crippen LogP contribution in [0.3, 0.4) is 0 Å². The number of piperazine rings is 1. The van der Waals surface area contributed by atoms with Gasteiger partial charge < -0.3 is 0 Å². The third-order valence-corrected chi connectivity index (χ3v) is 5.32. The third kappa shape index (κ3) is 2.32. The fourth-order valence-electron chi connectivity index (χ4n) is 4.12. The molecule has 3 atom stereocenters. The summed E-state index contributed by atoms with van der Waals surface area (Å²) in [6.45, 7) is 5.28. The number of fused-ring (bicyclic) bond motifs is 1. The Labute approximate surface area is 116 Å².